The van der Waals surface area contributed by atoms with Crippen molar-refractivity contribution < 1.29 is 19.0 Å². The van der Waals surface area contributed by atoms with Crippen molar-refractivity contribution in [2.75, 3.05) is 27.9 Å². The van der Waals surface area contributed by atoms with E-state index >= 15 is 0 Å². The SMILES string of the molecule is CCCCCNC(=O)c1cc(-c2ccc(OC)c(OC)c2)nc2n[nH]c(-c3ccc(OC)cc3)c12. The third-order valence-corrected chi connectivity index (χ3v) is 5.89. The molecule has 0 saturated heterocycles. The number of amides is 1. The Hall–Kier alpha value is -4.07. The summed E-state index contributed by atoms with van der Waals surface area (Å²) in [7, 11) is 4.80. The van der Waals surface area contributed by atoms with Crippen molar-refractivity contribution in [3.63, 3.8) is 0 Å². The number of unbranched alkanes of at least 4 members (excludes halogenated alkanes) is 2. The minimum absolute atomic E-state index is 0.161. The second-order valence-electron chi connectivity index (χ2n) is 8.11. The maximum atomic E-state index is 13.4. The number of carbonyl (C=O) groups is 1. The molecule has 2 heterocycles. The van der Waals surface area contributed by atoms with E-state index < -0.39 is 0 Å². The van der Waals surface area contributed by atoms with Gasteiger partial charge in [-0.05, 0) is 55.0 Å². The number of fused-ring (bicyclic) bond motifs is 1. The minimum atomic E-state index is -0.161. The summed E-state index contributed by atoms with van der Waals surface area (Å²) in [4.78, 5) is 18.1. The zero-order valence-corrected chi connectivity index (χ0v) is 20.5. The van der Waals surface area contributed by atoms with Crippen molar-refractivity contribution in [3.05, 3.63) is 54.1 Å². The fourth-order valence-corrected chi connectivity index (χ4v) is 3.98. The maximum absolute atomic E-state index is 13.4. The first-order chi connectivity index (χ1) is 17.1. The van der Waals surface area contributed by atoms with Gasteiger partial charge < -0.3 is 19.5 Å². The van der Waals surface area contributed by atoms with Crippen LogP contribution in [0, 0.1) is 0 Å². The number of carbonyl (C=O) groups excluding carboxylic acids is 1. The molecule has 1 amide bonds. The molecule has 4 rings (SSSR count). The molecule has 2 N–H and O–H groups in total. The second-order valence-corrected chi connectivity index (χ2v) is 8.11. The van der Waals surface area contributed by atoms with E-state index in [-0.39, 0.29) is 5.91 Å². The van der Waals surface area contributed by atoms with E-state index in [9.17, 15) is 4.79 Å². The topological polar surface area (TPSA) is 98.4 Å². The third-order valence-electron chi connectivity index (χ3n) is 5.89. The lowest BCUT2D eigenvalue weighted by molar-refractivity contribution is 0.0954. The summed E-state index contributed by atoms with van der Waals surface area (Å²) >= 11 is 0. The second kappa shape index (κ2) is 10.9. The normalized spacial score (nSPS) is 10.9. The molecule has 0 fully saturated rings. The Kier molecular flexibility index (Phi) is 7.50. The van der Waals surface area contributed by atoms with Crippen LogP contribution in [0.5, 0.6) is 17.2 Å². The van der Waals surface area contributed by atoms with E-state index in [1.54, 1.807) is 27.4 Å². The Bertz CT molecular complexity index is 1320. The average molecular weight is 475 g/mol. The van der Waals surface area contributed by atoms with Crippen molar-refractivity contribution in [2.24, 2.45) is 0 Å². The van der Waals surface area contributed by atoms with Gasteiger partial charge in [-0.2, -0.15) is 5.10 Å². The number of nitrogens with one attached hydrogen (secondary N) is 2. The highest BCUT2D eigenvalue weighted by atomic mass is 16.5. The minimum Gasteiger partial charge on any atom is -0.497 e. The Balaban J connectivity index is 1.83. The zero-order valence-electron chi connectivity index (χ0n) is 20.5. The lowest BCUT2D eigenvalue weighted by atomic mass is 10.0. The van der Waals surface area contributed by atoms with Crippen LogP contribution in [0.2, 0.25) is 0 Å². The van der Waals surface area contributed by atoms with Gasteiger partial charge in [0, 0.05) is 17.7 Å². The van der Waals surface area contributed by atoms with Crippen molar-refractivity contribution in [3.8, 4) is 39.8 Å². The van der Waals surface area contributed by atoms with Crippen molar-refractivity contribution >= 4 is 16.9 Å². The van der Waals surface area contributed by atoms with Crippen LogP contribution in [0.4, 0.5) is 0 Å². The number of ether oxygens (including phenoxy) is 3. The predicted molar refractivity (Wildman–Crippen MR) is 136 cm³/mol. The molecule has 0 unspecified atom stereocenters. The van der Waals surface area contributed by atoms with Crippen LogP contribution < -0.4 is 19.5 Å². The van der Waals surface area contributed by atoms with Crippen molar-refractivity contribution in [1.82, 2.24) is 20.5 Å². The van der Waals surface area contributed by atoms with E-state index in [0.717, 1.165) is 41.8 Å². The molecule has 0 aliphatic carbocycles. The molecule has 0 radical (unpaired) electrons. The van der Waals surface area contributed by atoms with E-state index in [1.807, 2.05) is 42.5 Å². The Labute approximate surface area is 204 Å². The van der Waals surface area contributed by atoms with Crippen LogP contribution in [0.3, 0.4) is 0 Å². The predicted octanol–water partition coefficient (Wildman–Crippen LogP) is 5.24. The molecule has 0 atom stereocenters. The molecule has 182 valence electrons. The summed E-state index contributed by atoms with van der Waals surface area (Å²) in [6.45, 7) is 2.74. The molecule has 0 saturated carbocycles. The quantitative estimate of drug-likeness (QED) is 0.305. The van der Waals surface area contributed by atoms with Gasteiger partial charge in [0.15, 0.2) is 17.1 Å². The summed E-state index contributed by atoms with van der Waals surface area (Å²) in [5.74, 6) is 1.79. The lowest BCUT2D eigenvalue weighted by Gasteiger charge is -2.12. The fourth-order valence-electron chi connectivity index (χ4n) is 3.98. The molecule has 2 aromatic heterocycles. The number of nitrogens with zero attached hydrogens (tertiary/aromatic N) is 2. The number of rotatable bonds is 10. The molecule has 0 aliphatic heterocycles. The number of hydrogen-bond donors (Lipinski definition) is 2. The molecule has 0 spiro atoms. The van der Waals surface area contributed by atoms with Crippen LogP contribution in [-0.4, -0.2) is 49.0 Å². The van der Waals surface area contributed by atoms with Crippen LogP contribution in [0.1, 0.15) is 36.5 Å². The molecule has 35 heavy (non-hydrogen) atoms. The van der Waals surface area contributed by atoms with Crippen molar-refractivity contribution in [1.29, 1.82) is 0 Å². The van der Waals surface area contributed by atoms with Crippen molar-refractivity contribution in [2.45, 2.75) is 26.2 Å². The van der Waals surface area contributed by atoms with Gasteiger partial charge in [0.25, 0.3) is 5.91 Å². The molecule has 2 aromatic carbocycles. The van der Waals surface area contributed by atoms with Gasteiger partial charge in [-0.3, -0.25) is 9.89 Å². The number of pyridine rings is 1. The zero-order chi connectivity index (χ0) is 24.8. The number of benzene rings is 2. The summed E-state index contributed by atoms with van der Waals surface area (Å²) in [5.41, 5.74) is 3.99. The van der Waals surface area contributed by atoms with E-state index in [4.69, 9.17) is 19.2 Å². The monoisotopic (exact) mass is 474 g/mol. The van der Waals surface area contributed by atoms with E-state index in [2.05, 4.69) is 22.4 Å². The maximum Gasteiger partial charge on any atom is 0.252 e. The summed E-state index contributed by atoms with van der Waals surface area (Å²) in [6, 6.07) is 14.9. The van der Waals surface area contributed by atoms with E-state index in [0.29, 0.717) is 40.3 Å². The van der Waals surface area contributed by atoms with Crippen LogP contribution in [0.15, 0.2) is 48.5 Å². The Morgan fingerprint density at radius 1 is 0.914 bits per heavy atom. The first-order valence-corrected chi connectivity index (χ1v) is 11.6. The largest absolute Gasteiger partial charge is 0.497 e. The van der Waals surface area contributed by atoms with Gasteiger partial charge in [0.2, 0.25) is 0 Å². The van der Waals surface area contributed by atoms with Gasteiger partial charge in [-0.25, -0.2) is 4.98 Å². The summed E-state index contributed by atoms with van der Waals surface area (Å²) < 4.78 is 16.1. The highest BCUT2D eigenvalue weighted by molar-refractivity contribution is 6.11. The van der Waals surface area contributed by atoms with Gasteiger partial charge in [0.1, 0.15) is 5.75 Å². The molecule has 0 bridgehead atoms. The molecule has 0 aliphatic rings. The van der Waals surface area contributed by atoms with Crippen LogP contribution >= 0.6 is 0 Å². The first-order valence-electron chi connectivity index (χ1n) is 11.6. The molecular weight excluding hydrogens is 444 g/mol. The number of aromatic amines is 1. The first kappa shape index (κ1) is 24.1. The lowest BCUT2D eigenvalue weighted by Crippen LogP contribution is -2.24. The number of hydrogen-bond acceptors (Lipinski definition) is 6. The third kappa shape index (κ3) is 5.06. The summed E-state index contributed by atoms with van der Waals surface area (Å²) in [6.07, 6.45) is 3.07. The molecule has 4 aromatic rings. The number of methoxy groups -OCH3 is 3. The van der Waals surface area contributed by atoms with Gasteiger partial charge >= 0.3 is 0 Å². The highest BCUT2D eigenvalue weighted by Crippen LogP contribution is 2.35. The number of H-pyrrole nitrogens is 1. The molecule has 8 heteroatoms. The highest BCUT2D eigenvalue weighted by Gasteiger charge is 2.21. The Morgan fingerprint density at radius 3 is 2.34 bits per heavy atom. The molecule has 8 nitrogen and oxygen atoms in total. The fraction of sp³-hybridized carbons (Fsp3) is 0.296. The van der Waals surface area contributed by atoms with Gasteiger partial charge in [-0.1, -0.05) is 19.8 Å². The smallest absolute Gasteiger partial charge is 0.252 e. The van der Waals surface area contributed by atoms with Gasteiger partial charge in [-0.15, -0.1) is 0 Å². The molecular formula is C27H30N4O4. The van der Waals surface area contributed by atoms with Gasteiger partial charge in [0.05, 0.1) is 43.7 Å². The average Bonchev–Trinajstić information content (AvgIpc) is 3.34. The van der Waals surface area contributed by atoms with E-state index in [1.165, 1.54) is 0 Å². The number of aromatic nitrogens is 3. The van der Waals surface area contributed by atoms with Crippen LogP contribution in [0.25, 0.3) is 33.5 Å². The van der Waals surface area contributed by atoms with Crippen LogP contribution in [-0.2, 0) is 0 Å². The summed E-state index contributed by atoms with van der Waals surface area (Å²) in [5, 5.41) is 11.3. The Morgan fingerprint density at radius 2 is 1.66 bits per heavy atom. The standard InChI is InChI=1S/C27H30N4O4/c1-5-6-7-14-28-27(32)20-16-21(18-10-13-22(34-3)23(15-18)35-4)29-26-24(20)25(30-31-26)17-8-11-19(33-2)12-9-17/h8-13,15-16H,5-7,14H2,1-4H3,(H,28,32)(H,29,30,31).